The fourth-order valence-corrected chi connectivity index (χ4v) is 7.30. The number of hydrogen-bond acceptors (Lipinski definition) is 5. The van der Waals surface area contributed by atoms with Crippen molar-refractivity contribution in [1.82, 2.24) is 20.4 Å². The van der Waals surface area contributed by atoms with Crippen molar-refractivity contribution in [2.45, 2.75) is 68.8 Å². The number of carbonyl (C=O) groups is 1. The third-order valence-corrected chi connectivity index (χ3v) is 9.58. The lowest BCUT2D eigenvalue weighted by molar-refractivity contribution is -0.102. The third-order valence-electron chi connectivity index (χ3n) is 9.58. The molecule has 210 valence electrons. The Kier molecular flexibility index (Phi) is 6.30. The van der Waals surface area contributed by atoms with E-state index in [9.17, 15) is 4.79 Å². The smallest absolute Gasteiger partial charge is 0.251 e. The minimum absolute atomic E-state index is 0.0467. The zero-order valence-electron chi connectivity index (χ0n) is 23.2. The second-order valence-corrected chi connectivity index (χ2v) is 12.3. The Balaban J connectivity index is 0.970. The van der Waals surface area contributed by atoms with Gasteiger partial charge in [0.25, 0.3) is 5.91 Å². The molecule has 1 aliphatic carbocycles. The number of H-pyrrole nitrogens is 1. The summed E-state index contributed by atoms with van der Waals surface area (Å²) < 4.78 is 11.9. The summed E-state index contributed by atoms with van der Waals surface area (Å²) in [6.07, 6.45) is 7.31. The van der Waals surface area contributed by atoms with Gasteiger partial charge in [-0.3, -0.25) is 14.8 Å². The molecule has 2 bridgehead atoms. The van der Waals surface area contributed by atoms with Crippen LogP contribution in [-0.4, -0.2) is 58.4 Å². The van der Waals surface area contributed by atoms with Crippen LogP contribution >= 0.6 is 0 Å². The first-order chi connectivity index (χ1) is 20.2. The van der Waals surface area contributed by atoms with E-state index in [1.807, 2.05) is 36.4 Å². The fraction of sp³-hybridized carbons (Fsp3) is 0.412. The standard InChI is InChI=1S/C34H36N4O3/c39-34(35-32(22-6-7-22)21-4-2-1-3-5-21)24-10-15-31-30(16-24)33(37-36-31)23-8-13-28(14-9-23)41-29-17-25-11-12-26(18-29)38(25)27-19-40-20-27/h1-5,8-10,13-16,22,25-27,29,32H,6-7,11-12,17-20H2,(H,35,39)(H,36,37)/t25-,26+,29?,32-/m1/s1. The number of ether oxygens (including phenoxy) is 2. The summed E-state index contributed by atoms with van der Waals surface area (Å²) in [7, 11) is 0. The van der Waals surface area contributed by atoms with Crippen LogP contribution in [0.1, 0.15) is 60.5 Å². The third kappa shape index (κ3) is 4.81. The lowest BCUT2D eigenvalue weighted by Crippen LogP contribution is -2.57. The van der Waals surface area contributed by atoms with E-state index in [-0.39, 0.29) is 18.1 Å². The van der Waals surface area contributed by atoms with Crippen molar-refractivity contribution in [1.29, 1.82) is 0 Å². The number of fused-ring (bicyclic) bond motifs is 3. The summed E-state index contributed by atoms with van der Waals surface area (Å²) in [5, 5.41) is 12.0. The van der Waals surface area contributed by atoms with E-state index in [4.69, 9.17) is 9.47 Å². The predicted octanol–water partition coefficient (Wildman–Crippen LogP) is 5.88. The van der Waals surface area contributed by atoms with Gasteiger partial charge in [-0.1, -0.05) is 30.3 Å². The van der Waals surface area contributed by atoms with Gasteiger partial charge in [0.2, 0.25) is 0 Å². The molecular weight excluding hydrogens is 512 g/mol. The maximum absolute atomic E-state index is 13.4. The number of aromatic nitrogens is 2. The molecule has 7 heteroatoms. The molecule has 3 saturated heterocycles. The second-order valence-electron chi connectivity index (χ2n) is 12.3. The minimum atomic E-state index is -0.0478. The molecule has 1 amide bonds. The lowest BCUT2D eigenvalue weighted by atomic mass is 9.96. The molecule has 4 heterocycles. The molecule has 4 aliphatic rings. The monoisotopic (exact) mass is 548 g/mol. The molecule has 0 spiro atoms. The highest BCUT2D eigenvalue weighted by Gasteiger charge is 2.46. The number of benzene rings is 3. The molecule has 7 nitrogen and oxygen atoms in total. The Morgan fingerprint density at radius 3 is 2.37 bits per heavy atom. The number of nitrogens with one attached hydrogen (secondary N) is 2. The maximum atomic E-state index is 13.4. The normalized spacial score (nSPS) is 25.1. The van der Waals surface area contributed by atoms with Gasteiger partial charge in [-0.15, -0.1) is 0 Å². The van der Waals surface area contributed by atoms with Crippen molar-refractivity contribution in [2.75, 3.05) is 13.2 Å². The average molecular weight is 549 g/mol. The molecule has 2 N–H and O–H groups in total. The molecule has 1 unspecified atom stereocenters. The summed E-state index contributed by atoms with van der Waals surface area (Å²) in [6, 6.07) is 26.3. The van der Waals surface area contributed by atoms with Crippen LogP contribution in [-0.2, 0) is 4.74 Å². The van der Waals surface area contributed by atoms with Gasteiger partial charge in [0.1, 0.15) is 11.9 Å². The Labute approximate surface area is 240 Å². The van der Waals surface area contributed by atoms with E-state index in [1.165, 1.54) is 18.4 Å². The van der Waals surface area contributed by atoms with Crippen LogP contribution in [0, 0.1) is 5.92 Å². The van der Waals surface area contributed by atoms with E-state index in [0.717, 1.165) is 66.8 Å². The highest BCUT2D eigenvalue weighted by molar-refractivity contribution is 6.01. The van der Waals surface area contributed by atoms with Crippen LogP contribution in [0.3, 0.4) is 0 Å². The summed E-state index contributed by atoms with van der Waals surface area (Å²) in [6.45, 7) is 1.78. The number of amides is 1. The lowest BCUT2D eigenvalue weighted by Gasteiger charge is -2.46. The molecule has 8 rings (SSSR count). The zero-order chi connectivity index (χ0) is 27.3. The molecule has 1 aromatic heterocycles. The summed E-state index contributed by atoms with van der Waals surface area (Å²) in [5.74, 6) is 1.37. The SMILES string of the molecule is O=C(N[C@H](c1ccccc1)C1CC1)c1ccc2[nH]nc(-c3ccc(OC4C[C@H]5CC[C@@H](C4)N5C4COC4)cc3)c2c1. The first-order valence-electron chi connectivity index (χ1n) is 15.2. The van der Waals surface area contributed by atoms with Gasteiger partial charge in [-0.2, -0.15) is 5.10 Å². The number of rotatable bonds is 8. The molecular formula is C34H36N4O3. The van der Waals surface area contributed by atoms with E-state index in [2.05, 4.69) is 56.8 Å². The Morgan fingerprint density at radius 2 is 1.68 bits per heavy atom. The molecule has 3 aromatic carbocycles. The van der Waals surface area contributed by atoms with Crippen LogP contribution in [0.4, 0.5) is 0 Å². The van der Waals surface area contributed by atoms with Crippen molar-refractivity contribution < 1.29 is 14.3 Å². The van der Waals surface area contributed by atoms with Crippen molar-refractivity contribution in [3.8, 4) is 17.0 Å². The van der Waals surface area contributed by atoms with Crippen molar-refractivity contribution >= 4 is 16.8 Å². The highest BCUT2D eigenvalue weighted by atomic mass is 16.5. The zero-order valence-corrected chi connectivity index (χ0v) is 23.2. The van der Waals surface area contributed by atoms with Crippen LogP contribution in [0.2, 0.25) is 0 Å². The summed E-state index contributed by atoms with van der Waals surface area (Å²) in [4.78, 5) is 16.1. The fourth-order valence-electron chi connectivity index (χ4n) is 7.30. The molecule has 4 aromatic rings. The molecule has 0 radical (unpaired) electrons. The number of aromatic amines is 1. The Bertz CT molecular complexity index is 1530. The quantitative estimate of drug-likeness (QED) is 0.287. The second kappa shape index (κ2) is 10.3. The summed E-state index contributed by atoms with van der Waals surface area (Å²) in [5.41, 5.74) is 4.58. The van der Waals surface area contributed by atoms with Crippen LogP contribution in [0.15, 0.2) is 72.8 Å². The van der Waals surface area contributed by atoms with Crippen LogP contribution in [0.5, 0.6) is 5.75 Å². The molecule has 4 fully saturated rings. The number of nitrogens with zero attached hydrogens (tertiary/aromatic N) is 2. The number of carbonyl (C=O) groups excluding carboxylic acids is 1. The number of hydrogen-bond donors (Lipinski definition) is 2. The van der Waals surface area contributed by atoms with Crippen molar-refractivity contribution in [3.63, 3.8) is 0 Å². The Hall–Kier alpha value is -3.68. The van der Waals surface area contributed by atoms with Crippen molar-refractivity contribution in [3.05, 3.63) is 83.9 Å². The van der Waals surface area contributed by atoms with Gasteiger partial charge in [0, 0.05) is 28.6 Å². The van der Waals surface area contributed by atoms with Crippen LogP contribution < -0.4 is 10.1 Å². The topological polar surface area (TPSA) is 79.5 Å². The van der Waals surface area contributed by atoms with E-state index in [0.29, 0.717) is 29.6 Å². The predicted molar refractivity (Wildman–Crippen MR) is 158 cm³/mol. The minimum Gasteiger partial charge on any atom is -0.490 e. The maximum Gasteiger partial charge on any atom is 0.251 e. The Morgan fingerprint density at radius 1 is 0.927 bits per heavy atom. The van der Waals surface area contributed by atoms with E-state index < -0.39 is 0 Å². The first-order valence-corrected chi connectivity index (χ1v) is 15.2. The van der Waals surface area contributed by atoms with Gasteiger partial charge < -0.3 is 14.8 Å². The molecule has 41 heavy (non-hydrogen) atoms. The van der Waals surface area contributed by atoms with Crippen LogP contribution in [0.25, 0.3) is 22.2 Å². The van der Waals surface area contributed by atoms with Crippen molar-refractivity contribution in [2.24, 2.45) is 5.92 Å². The average Bonchev–Trinajstić information content (AvgIpc) is 3.68. The van der Waals surface area contributed by atoms with Gasteiger partial charge in [-0.05, 0) is 92.5 Å². The molecule has 3 aliphatic heterocycles. The number of piperidine rings is 1. The van der Waals surface area contributed by atoms with Gasteiger partial charge in [0.15, 0.2) is 0 Å². The molecule has 4 atom stereocenters. The van der Waals surface area contributed by atoms with Gasteiger partial charge in [0.05, 0.1) is 36.5 Å². The largest absolute Gasteiger partial charge is 0.490 e. The van der Waals surface area contributed by atoms with E-state index in [1.54, 1.807) is 0 Å². The van der Waals surface area contributed by atoms with Gasteiger partial charge in [-0.25, -0.2) is 0 Å². The molecule has 1 saturated carbocycles. The van der Waals surface area contributed by atoms with Gasteiger partial charge >= 0.3 is 0 Å². The first kappa shape index (κ1) is 25.1. The summed E-state index contributed by atoms with van der Waals surface area (Å²) >= 11 is 0. The van der Waals surface area contributed by atoms with E-state index >= 15 is 0 Å². The highest BCUT2D eigenvalue weighted by Crippen LogP contribution is 2.42.